The zero-order chi connectivity index (χ0) is 11.8. The number of alkyl halides is 1. The van der Waals surface area contributed by atoms with Crippen molar-refractivity contribution in [1.82, 2.24) is 5.32 Å². The second-order valence-electron chi connectivity index (χ2n) is 4.27. The van der Waals surface area contributed by atoms with E-state index in [1.165, 1.54) is 17.5 Å². The smallest absolute Gasteiger partial charge is 0.0235 e. The quantitative estimate of drug-likeness (QED) is 0.562. The number of nitrogens with one attached hydrogen (secondary N) is 1. The van der Waals surface area contributed by atoms with Crippen LogP contribution in [0.25, 0.3) is 0 Å². The average Bonchev–Trinajstić information content (AvgIpc) is 2.34. The molecule has 0 amide bonds. The van der Waals surface area contributed by atoms with Gasteiger partial charge in [-0.3, -0.25) is 0 Å². The van der Waals surface area contributed by atoms with Crippen molar-refractivity contribution in [2.75, 3.05) is 12.4 Å². The zero-order valence-electron chi connectivity index (χ0n) is 10.3. The first-order valence-electron chi connectivity index (χ1n) is 6.13. The van der Waals surface area contributed by atoms with Crippen molar-refractivity contribution >= 4 is 11.6 Å². The predicted molar refractivity (Wildman–Crippen MR) is 72.2 cm³/mol. The van der Waals surface area contributed by atoms with Gasteiger partial charge in [0.25, 0.3) is 0 Å². The summed E-state index contributed by atoms with van der Waals surface area (Å²) >= 11 is 5.61. The van der Waals surface area contributed by atoms with Gasteiger partial charge in [0.05, 0.1) is 0 Å². The zero-order valence-corrected chi connectivity index (χ0v) is 11.1. The maximum atomic E-state index is 5.61. The predicted octanol–water partition coefficient (Wildman–Crippen LogP) is 3.92. The summed E-state index contributed by atoms with van der Waals surface area (Å²) in [6.07, 6.45) is 2.24. The Kier molecular flexibility index (Phi) is 6.51. The molecule has 1 N–H and O–H groups in total. The van der Waals surface area contributed by atoms with E-state index in [4.69, 9.17) is 11.6 Å². The van der Waals surface area contributed by atoms with Crippen LogP contribution in [0.3, 0.4) is 0 Å². The van der Waals surface area contributed by atoms with Gasteiger partial charge in [-0.1, -0.05) is 38.1 Å². The van der Waals surface area contributed by atoms with Crippen LogP contribution in [0, 0.1) is 0 Å². The highest BCUT2D eigenvalue weighted by Crippen LogP contribution is 2.18. The molecular weight excluding hydrogens is 218 g/mol. The largest absolute Gasteiger partial charge is 0.313 e. The molecule has 0 aliphatic carbocycles. The first-order chi connectivity index (χ1) is 7.77. The Labute approximate surface area is 104 Å². The Bertz CT molecular complexity index is 281. The van der Waals surface area contributed by atoms with E-state index in [-0.39, 0.29) is 0 Å². The third kappa shape index (κ3) is 4.54. The van der Waals surface area contributed by atoms with Gasteiger partial charge in [-0.05, 0) is 36.4 Å². The molecule has 0 bridgehead atoms. The van der Waals surface area contributed by atoms with E-state index in [1.54, 1.807) is 0 Å². The summed E-state index contributed by atoms with van der Waals surface area (Å²) in [6, 6.07) is 8.92. The minimum atomic E-state index is 0.665. The third-order valence-corrected chi connectivity index (χ3v) is 3.24. The summed E-state index contributed by atoms with van der Waals surface area (Å²) in [5.41, 5.74) is 2.79. The minimum absolute atomic E-state index is 0.665. The van der Waals surface area contributed by atoms with E-state index in [9.17, 15) is 0 Å². The van der Waals surface area contributed by atoms with Gasteiger partial charge in [-0.2, -0.15) is 0 Å². The average molecular weight is 240 g/mol. The second kappa shape index (κ2) is 7.70. The number of benzene rings is 1. The van der Waals surface area contributed by atoms with Crippen molar-refractivity contribution in [1.29, 1.82) is 0 Å². The van der Waals surface area contributed by atoms with Gasteiger partial charge in [0, 0.05) is 12.4 Å². The molecule has 0 fully saturated rings. The summed E-state index contributed by atoms with van der Waals surface area (Å²) < 4.78 is 0. The highest BCUT2D eigenvalue weighted by molar-refractivity contribution is 6.17. The highest BCUT2D eigenvalue weighted by Gasteiger charge is 2.01. The van der Waals surface area contributed by atoms with Crippen LogP contribution in [0.5, 0.6) is 0 Å². The first-order valence-corrected chi connectivity index (χ1v) is 6.67. The molecule has 1 nitrogen and oxygen atoms in total. The van der Waals surface area contributed by atoms with Crippen LogP contribution in [0.15, 0.2) is 24.3 Å². The molecule has 0 heterocycles. The molecule has 1 aromatic carbocycles. The van der Waals surface area contributed by atoms with Crippen LogP contribution >= 0.6 is 11.6 Å². The molecule has 16 heavy (non-hydrogen) atoms. The standard InChI is InChI=1S/C14H22ClN/c1-3-12(2)14-7-5-13(6-8-14)11-16-10-4-9-15/h5-8,12,16H,3-4,9-11H2,1-2H3. The molecule has 2 heteroatoms. The Morgan fingerprint density at radius 1 is 1.25 bits per heavy atom. The van der Waals surface area contributed by atoms with Gasteiger partial charge in [-0.25, -0.2) is 0 Å². The molecule has 0 aliphatic heterocycles. The summed E-state index contributed by atoms with van der Waals surface area (Å²) in [5.74, 6) is 1.40. The molecule has 1 unspecified atom stereocenters. The lowest BCUT2D eigenvalue weighted by molar-refractivity contribution is 0.676. The van der Waals surface area contributed by atoms with Crippen LogP contribution in [0.2, 0.25) is 0 Å². The van der Waals surface area contributed by atoms with E-state index in [0.29, 0.717) is 5.92 Å². The number of hydrogen-bond acceptors (Lipinski definition) is 1. The van der Waals surface area contributed by atoms with Crippen molar-refractivity contribution in [2.24, 2.45) is 0 Å². The topological polar surface area (TPSA) is 12.0 Å². The molecule has 90 valence electrons. The Hall–Kier alpha value is -0.530. The Morgan fingerprint density at radius 3 is 2.50 bits per heavy atom. The maximum absolute atomic E-state index is 5.61. The van der Waals surface area contributed by atoms with Crippen LogP contribution in [0.1, 0.15) is 43.7 Å². The fourth-order valence-electron chi connectivity index (χ4n) is 1.62. The van der Waals surface area contributed by atoms with Gasteiger partial charge in [0.2, 0.25) is 0 Å². The molecule has 1 rings (SSSR count). The van der Waals surface area contributed by atoms with Crippen LogP contribution in [-0.4, -0.2) is 12.4 Å². The van der Waals surface area contributed by atoms with Crippen molar-refractivity contribution < 1.29 is 0 Å². The monoisotopic (exact) mass is 239 g/mol. The van der Waals surface area contributed by atoms with E-state index >= 15 is 0 Å². The molecule has 0 spiro atoms. The molecule has 0 aliphatic rings. The van der Waals surface area contributed by atoms with Crippen LogP contribution in [-0.2, 0) is 6.54 Å². The van der Waals surface area contributed by atoms with Gasteiger partial charge in [0.1, 0.15) is 0 Å². The maximum Gasteiger partial charge on any atom is 0.0235 e. The Balaban J connectivity index is 2.39. The molecule has 1 aromatic rings. The third-order valence-electron chi connectivity index (χ3n) is 2.98. The van der Waals surface area contributed by atoms with E-state index < -0.39 is 0 Å². The first kappa shape index (κ1) is 13.5. The summed E-state index contributed by atoms with van der Waals surface area (Å²) in [5, 5.41) is 3.38. The minimum Gasteiger partial charge on any atom is -0.313 e. The van der Waals surface area contributed by atoms with Crippen molar-refractivity contribution in [3.8, 4) is 0 Å². The normalized spacial score (nSPS) is 12.7. The summed E-state index contributed by atoms with van der Waals surface area (Å²) in [4.78, 5) is 0. The van der Waals surface area contributed by atoms with E-state index in [1.807, 2.05) is 0 Å². The molecule has 0 saturated heterocycles. The fourth-order valence-corrected chi connectivity index (χ4v) is 1.76. The van der Waals surface area contributed by atoms with Gasteiger partial charge in [-0.15, -0.1) is 11.6 Å². The van der Waals surface area contributed by atoms with E-state index in [0.717, 1.165) is 25.4 Å². The molecule has 0 saturated carbocycles. The Morgan fingerprint density at radius 2 is 1.94 bits per heavy atom. The SMILES string of the molecule is CCC(C)c1ccc(CNCCCCl)cc1. The van der Waals surface area contributed by atoms with Crippen LogP contribution < -0.4 is 5.32 Å². The van der Waals surface area contributed by atoms with Gasteiger partial charge < -0.3 is 5.32 Å². The molecular formula is C14H22ClN. The van der Waals surface area contributed by atoms with Gasteiger partial charge >= 0.3 is 0 Å². The van der Waals surface area contributed by atoms with E-state index in [2.05, 4.69) is 43.4 Å². The fraction of sp³-hybridized carbons (Fsp3) is 0.571. The molecule has 1 atom stereocenters. The summed E-state index contributed by atoms with van der Waals surface area (Å²) in [6.45, 7) is 6.44. The lowest BCUT2D eigenvalue weighted by Gasteiger charge is -2.10. The molecule has 0 radical (unpaired) electrons. The second-order valence-corrected chi connectivity index (χ2v) is 4.65. The van der Waals surface area contributed by atoms with Gasteiger partial charge in [0.15, 0.2) is 0 Å². The highest BCUT2D eigenvalue weighted by atomic mass is 35.5. The van der Waals surface area contributed by atoms with Crippen molar-refractivity contribution in [3.63, 3.8) is 0 Å². The molecule has 0 aromatic heterocycles. The number of hydrogen-bond donors (Lipinski definition) is 1. The lowest BCUT2D eigenvalue weighted by atomic mass is 9.98. The number of rotatable bonds is 7. The van der Waals surface area contributed by atoms with Crippen molar-refractivity contribution in [3.05, 3.63) is 35.4 Å². The summed E-state index contributed by atoms with van der Waals surface area (Å²) in [7, 11) is 0. The van der Waals surface area contributed by atoms with Crippen molar-refractivity contribution in [2.45, 2.75) is 39.2 Å². The lowest BCUT2D eigenvalue weighted by Crippen LogP contribution is -2.14. The van der Waals surface area contributed by atoms with Crippen LogP contribution in [0.4, 0.5) is 0 Å². The number of halogens is 1.